The predicted octanol–water partition coefficient (Wildman–Crippen LogP) is 1.77. The van der Waals surface area contributed by atoms with Gasteiger partial charge in [-0.25, -0.2) is 13.1 Å². The minimum Gasteiger partial charge on any atom is -0.349 e. The third-order valence-electron chi connectivity index (χ3n) is 2.95. The Morgan fingerprint density at radius 1 is 1.27 bits per heavy atom. The summed E-state index contributed by atoms with van der Waals surface area (Å²) in [4.78, 5) is 12.1. The van der Waals surface area contributed by atoms with Gasteiger partial charge in [0.15, 0.2) is 0 Å². The summed E-state index contributed by atoms with van der Waals surface area (Å²) in [6.45, 7) is 1.07. The summed E-state index contributed by atoms with van der Waals surface area (Å²) in [7, 11) is -1.06. The van der Waals surface area contributed by atoms with Crippen molar-refractivity contribution >= 4 is 15.9 Å². The van der Waals surface area contributed by atoms with Crippen LogP contribution in [0.25, 0.3) is 0 Å². The molecule has 0 saturated heterocycles. The summed E-state index contributed by atoms with van der Waals surface area (Å²) in [6.07, 6.45) is -4.71. The van der Waals surface area contributed by atoms with Gasteiger partial charge in [-0.2, -0.15) is 13.2 Å². The molecule has 0 atom stereocenters. The van der Waals surface area contributed by atoms with Gasteiger partial charge in [0.1, 0.15) is 0 Å². The number of sulfonamides is 1. The molecule has 0 spiro atoms. The van der Waals surface area contributed by atoms with E-state index in [0.29, 0.717) is 6.07 Å². The van der Waals surface area contributed by atoms with Crippen molar-refractivity contribution in [2.75, 3.05) is 20.6 Å². The first-order chi connectivity index (χ1) is 9.95. The van der Waals surface area contributed by atoms with Crippen LogP contribution in [-0.2, 0) is 21.0 Å². The smallest absolute Gasteiger partial charge is 0.349 e. The second-order valence-electron chi connectivity index (χ2n) is 4.91. The van der Waals surface area contributed by atoms with E-state index in [1.165, 1.54) is 25.9 Å². The first-order valence-corrected chi connectivity index (χ1v) is 7.81. The molecule has 1 rings (SSSR count). The van der Waals surface area contributed by atoms with E-state index in [1.807, 2.05) is 0 Å². The molecule has 0 saturated carbocycles. The van der Waals surface area contributed by atoms with Crippen molar-refractivity contribution in [3.63, 3.8) is 0 Å². The van der Waals surface area contributed by atoms with Gasteiger partial charge in [-0.3, -0.25) is 4.79 Å². The highest BCUT2D eigenvalue weighted by molar-refractivity contribution is 7.89. The van der Waals surface area contributed by atoms with Crippen molar-refractivity contribution in [2.45, 2.75) is 24.4 Å². The summed E-state index contributed by atoms with van der Waals surface area (Å²) >= 11 is 0. The number of benzene rings is 1. The largest absolute Gasteiger partial charge is 0.416 e. The lowest BCUT2D eigenvalue weighted by Crippen LogP contribution is -2.30. The minimum absolute atomic E-state index is 0.0609. The molecule has 1 aromatic rings. The molecule has 1 aromatic carbocycles. The summed E-state index contributed by atoms with van der Waals surface area (Å²) in [5.41, 5.74) is -1.06. The van der Waals surface area contributed by atoms with Crippen molar-refractivity contribution in [3.8, 4) is 0 Å². The zero-order chi connectivity index (χ0) is 17.1. The van der Waals surface area contributed by atoms with Crippen molar-refractivity contribution in [1.82, 2.24) is 9.62 Å². The Bertz CT molecular complexity index is 655. The number of halogens is 3. The van der Waals surface area contributed by atoms with Crippen molar-refractivity contribution in [1.29, 1.82) is 0 Å². The van der Waals surface area contributed by atoms with Crippen LogP contribution >= 0.6 is 0 Å². The van der Waals surface area contributed by atoms with Crippen LogP contribution in [0.5, 0.6) is 0 Å². The van der Waals surface area contributed by atoms with Gasteiger partial charge in [-0.1, -0.05) is 6.07 Å². The molecule has 0 aromatic heterocycles. The van der Waals surface area contributed by atoms with E-state index >= 15 is 0 Å². The maximum absolute atomic E-state index is 12.8. The third-order valence-corrected chi connectivity index (χ3v) is 4.41. The Balaban J connectivity index is 2.93. The first kappa shape index (κ1) is 18.4. The number of alkyl halides is 3. The van der Waals surface area contributed by atoms with Crippen LogP contribution in [0.2, 0.25) is 0 Å². The number of aryl methyl sites for hydroxylation is 1. The van der Waals surface area contributed by atoms with Crippen molar-refractivity contribution in [3.05, 3.63) is 29.3 Å². The van der Waals surface area contributed by atoms with Crippen LogP contribution in [0, 0.1) is 6.92 Å². The molecule has 0 aliphatic rings. The lowest BCUT2D eigenvalue weighted by atomic mass is 10.1. The normalized spacial score (nSPS) is 12.3. The zero-order valence-electron chi connectivity index (χ0n) is 12.4. The van der Waals surface area contributed by atoms with Gasteiger partial charge in [0.25, 0.3) is 0 Å². The second-order valence-corrected chi connectivity index (χ2v) is 6.68. The van der Waals surface area contributed by atoms with Gasteiger partial charge in [-0.05, 0) is 24.6 Å². The fourth-order valence-corrected chi connectivity index (χ4v) is 2.73. The number of carbonyl (C=O) groups excluding carboxylic acids is 1. The highest BCUT2D eigenvalue weighted by Crippen LogP contribution is 2.33. The molecule has 0 unspecified atom stereocenters. The Morgan fingerprint density at radius 2 is 1.86 bits per heavy atom. The fraction of sp³-hybridized carbons (Fsp3) is 0.462. The Kier molecular flexibility index (Phi) is 5.58. The molecular formula is C13H17F3N2O3S. The number of carbonyl (C=O) groups is 1. The van der Waals surface area contributed by atoms with E-state index in [1.54, 1.807) is 0 Å². The first-order valence-electron chi connectivity index (χ1n) is 6.33. The number of rotatable bonds is 5. The summed E-state index contributed by atoms with van der Waals surface area (Å²) in [5.74, 6) is -0.289. The maximum Gasteiger partial charge on any atom is 0.416 e. The SMILES string of the molecule is Cc1ccc(S(=O)(=O)NCCC(=O)N(C)C)cc1C(F)(F)F. The molecule has 0 fully saturated rings. The van der Waals surface area contributed by atoms with Gasteiger partial charge in [0.05, 0.1) is 10.5 Å². The van der Waals surface area contributed by atoms with Crippen LogP contribution in [0.15, 0.2) is 23.1 Å². The highest BCUT2D eigenvalue weighted by Gasteiger charge is 2.33. The lowest BCUT2D eigenvalue weighted by molar-refractivity contribution is -0.138. The summed E-state index contributed by atoms with van der Waals surface area (Å²) in [5, 5.41) is 0. The predicted molar refractivity (Wildman–Crippen MR) is 74.7 cm³/mol. The summed E-state index contributed by atoms with van der Waals surface area (Å²) < 4.78 is 64.5. The Morgan fingerprint density at radius 3 is 2.36 bits per heavy atom. The molecule has 1 amide bonds. The molecule has 22 heavy (non-hydrogen) atoms. The van der Waals surface area contributed by atoms with Gasteiger partial charge in [-0.15, -0.1) is 0 Å². The van der Waals surface area contributed by atoms with Gasteiger partial charge >= 0.3 is 6.18 Å². The van der Waals surface area contributed by atoms with Crippen LogP contribution < -0.4 is 4.72 Å². The molecule has 9 heteroatoms. The number of hydrogen-bond acceptors (Lipinski definition) is 3. The van der Waals surface area contributed by atoms with E-state index < -0.39 is 26.7 Å². The van der Waals surface area contributed by atoms with E-state index in [9.17, 15) is 26.4 Å². The molecule has 1 N–H and O–H groups in total. The Labute approximate surface area is 127 Å². The van der Waals surface area contributed by atoms with Crippen molar-refractivity contribution in [2.24, 2.45) is 0 Å². The standard InChI is InChI=1S/C13H17F3N2O3S/c1-9-4-5-10(8-11(9)13(14,15)16)22(20,21)17-7-6-12(19)18(2)3/h4-5,8,17H,6-7H2,1-3H3. The van der Waals surface area contributed by atoms with E-state index in [-0.39, 0.29) is 24.4 Å². The molecule has 5 nitrogen and oxygen atoms in total. The molecular weight excluding hydrogens is 321 g/mol. The second kappa shape index (κ2) is 6.66. The fourth-order valence-electron chi connectivity index (χ4n) is 1.67. The summed E-state index contributed by atoms with van der Waals surface area (Å²) in [6, 6.07) is 2.79. The van der Waals surface area contributed by atoms with Gasteiger partial charge in [0, 0.05) is 27.1 Å². The highest BCUT2D eigenvalue weighted by atomic mass is 32.2. The molecule has 0 heterocycles. The van der Waals surface area contributed by atoms with Crippen LogP contribution in [-0.4, -0.2) is 39.9 Å². The number of nitrogens with zero attached hydrogens (tertiary/aromatic N) is 1. The number of amides is 1. The third kappa shape index (κ3) is 4.70. The van der Waals surface area contributed by atoms with Gasteiger partial charge < -0.3 is 4.90 Å². The lowest BCUT2D eigenvalue weighted by Gasteiger charge is -2.13. The average Bonchev–Trinajstić information content (AvgIpc) is 2.37. The topological polar surface area (TPSA) is 66.5 Å². The monoisotopic (exact) mass is 338 g/mol. The molecule has 0 radical (unpaired) electrons. The molecule has 0 aliphatic carbocycles. The van der Waals surface area contributed by atoms with Crippen LogP contribution in [0.1, 0.15) is 17.5 Å². The molecule has 124 valence electrons. The quantitative estimate of drug-likeness (QED) is 0.890. The maximum atomic E-state index is 12.8. The van der Waals surface area contributed by atoms with Crippen LogP contribution in [0.3, 0.4) is 0 Å². The zero-order valence-corrected chi connectivity index (χ0v) is 13.2. The van der Waals surface area contributed by atoms with Gasteiger partial charge in [0.2, 0.25) is 15.9 Å². The van der Waals surface area contributed by atoms with E-state index in [0.717, 1.165) is 12.1 Å². The van der Waals surface area contributed by atoms with E-state index in [2.05, 4.69) is 4.72 Å². The number of nitrogens with one attached hydrogen (secondary N) is 1. The Hall–Kier alpha value is -1.61. The van der Waals surface area contributed by atoms with Crippen LogP contribution in [0.4, 0.5) is 13.2 Å². The average molecular weight is 338 g/mol. The van der Waals surface area contributed by atoms with E-state index in [4.69, 9.17) is 0 Å². The molecule has 0 bridgehead atoms. The molecule has 0 aliphatic heterocycles. The minimum atomic E-state index is -4.63. The number of hydrogen-bond donors (Lipinski definition) is 1. The van der Waals surface area contributed by atoms with Crippen molar-refractivity contribution < 1.29 is 26.4 Å².